The number of aromatic nitrogens is 2. The number of fused-ring (bicyclic) bond motifs is 1. The molecule has 0 radical (unpaired) electrons. The molecule has 0 fully saturated rings. The van der Waals surface area contributed by atoms with Gasteiger partial charge in [0, 0.05) is 12.1 Å². The van der Waals surface area contributed by atoms with Crippen molar-refractivity contribution in [3.05, 3.63) is 68.4 Å². The number of hydrogen-bond acceptors (Lipinski definition) is 6. The highest BCUT2D eigenvalue weighted by atomic mass is 35.5. The van der Waals surface area contributed by atoms with Crippen LogP contribution in [0.25, 0.3) is 0 Å². The van der Waals surface area contributed by atoms with Crippen molar-refractivity contribution in [1.82, 2.24) is 9.97 Å². The van der Waals surface area contributed by atoms with E-state index in [1.54, 1.807) is 49.6 Å². The van der Waals surface area contributed by atoms with E-state index in [9.17, 15) is 14.4 Å². The molecule has 2 heterocycles. The average molecular weight is 474 g/mol. The summed E-state index contributed by atoms with van der Waals surface area (Å²) in [6.07, 6.45) is -0.215. The number of nitrogens with one attached hydrogen (secondary N) is 4. The van der Waals surface area contributed by atoms with Gasteiger partial charge in [-0.15, -0.1) is 0 Å². The van der Waals surface area contributed by atoms with Crippen LogP contribution in [0.1, 0.15) is 17.9 Å². The van der Waals surface area contributed by atoms with Gasteiger partial charge in [0.1, 0.15) is 11.6 Å². The van der Waals surface area contributed by atoms with Gasteiger partial charge in [-0.1, -0.05) is 29.3 Å². The molecule has 4 rings (SSSR count). The second-order valence-corrected chi connectivity index (χ2v) is 7.71. The standard InChI is InChI=1S/C21H17Cl2N5O4/c1-32-11-7-5-10(6-8-11)24-21-27-18-16(20(31)28-21)12(9-15(29)26-18)19(30)25-14-4-2-3-13(22)17(14)23/h2-8,12H,9H2,1H3,(H,25,30)(H3,24,26,27,28,29,31)/t12-/m0/s1. The Balaban J connectivity index is 1.63. The van der Waals surface area contributed by atoms with E-state index in [0.717, 1.165) is 0 Å². The zero-order chi connectivity index (χ0) is 22.8. The molecular weight excluding hydrogens is 457 g/mol. The smallest absolute Gasteiger partial charge is 0.258 e. The molecule has 32 heavy (non-hydrogen) atoms. The summed E-state index contributed by atoms with van der Waals surface area (Å²) < 4.78 is 5.11. The van der Waals surface area contributed by atoms with Crippen LogP contribution in [-0.4, -0.2) is 28.9 Å². The molecule has 0 spiro atoms. The van der Waals surface area contributed by atoms with Crippen molar-refractivity contribution in [3.8, 4) is 5.75 Å². The van der Waals surface area contributed by atoms with Crippen LogP contribution in [0.2, 0.25) is 10.0 Å². The van der Waals surface area contributed by atoms with Crippen LogP contribution in [0, 0.1) is 0 Å². The highest BCUT2D eigenvalue weighted by Crippen LogP contribution is 2.33. The summed E-state index contributed by atoms with van der Waals surface area (Å²) in [4.78, 5) is 44.9. The van der Waals surface area contributed by atoms with Gasteiger partial charge < -0.3 is 20.7 Å². The second kappa shape index (κ2) is 8.89. The Hall–Kier alpha value is -3.56. The Labute approximate surface area is 192 Å². The fourth-order valence-electron chi connectivity index (χ4n) is 3.29. The third-order valence-corrected chi connectivity index (χ3v) is 5.65. The van der Waals surface area contributed by atoms with Crippen molar-refractivity contribution in [1.29, 1.82) is 0 Å². The third kappa shape index (κ3) is 4.39. The summed E-state index contributed by atoms with van der Waals surface area (Å²) in [6.45, 7) is 0. The van der Waals surface area contributed by atoms with Crippen LogP contribution in [0.15, 0.2) is 47.3 Å². The molecule has 0 saturated heterocycles. The SMILES string of the molecule is COc1ccc(Nc2nc3c(c(=O)[nH]2)[C@@H](C(=O)Nc2cccc(Cl)c2Cl)CC(=O)N3)cc1. The first kappa shape index (κ1) is 21.7. The van der Waals surface area contributed by atoms with Crippen molar-refractivity contribution in [2.75, 3.05) is 23.1 Å². The van der Waals surface area contributed by atoms with Crippen molar-refractivity contribution in [3.63, 3.8) is 0 Å². The molecular formula is C21H17Cl2N5O4. The Morgan fingerprint density at radius 2 is 1.91 bits per heavy atom. The number of halogens is 2. The number of amides is 2. The van der Waals surface area contributed by atoms with Gasteiger partial charge in [-0.2, -0.15) is 4.98 Å². The fourth-order valence-corrected chi connectivity index (χ4v) is 3.63. The highest BCUT2D eigenvalue weighted by molar-refractivity contribution is 6.44. The molecule has 164 valence electrons. The number of benzene rings is 2. The van der Waals surface area contributed by atoms with E-state index >= 15 is 0 Å². The van der Waals surface area contributed by atoms with Gasteiger partial charge in [-0.3, -0.25) is 19.4 Å². The molecule has 0 unspecified atom stereocenters. The molecule has 2 amide bonds. The number of ether oxygens (including phenoxy) is 1. The van der Waals surface area contributed by atoms with Gasteiger partial charge >= 0.3 is 0 Å². The van der Waals surface area contributed by atoms with Crippen LogP contribution in [0.3, 0.4) is 0 Å². The Morgan fingerprint density at radius 3 is 2.62 bits per heavy atom. The topological polar surface area (TPSA) is 125 Å². The lowest BCUT2D eigenvalue weighted by Crippen LogP contribution is -2.36. The molecule has 0 bridgehead atoms. The summed E-state index contributed by atoms with van der Waals surface area (Å²) in [5.74, 6) is -1.28. The predicted octanol–water partition coefficient (Wildman–Crippen LogP) is 3.89. The molecule has 3 aromatic rings. The molecule has 1 atom stereocenters. The molecule has 0 saturated carbocycles. The number of anilines is 4. The fraction of sp³-hybridized carbons (Fsp3) is 0.143. The predicted molar refractivity (Wildman–Crippen MR) is 122 cm³/mol. The van der Waals surface area contributed by atoms with E-state index < -0.39 is 23.3 Å². The van der Waals surface area contributed by atoms with Crippen molar-refractivity contribution in [2.24, 2.45) is 0 Å². The Morgan fingerprint density at radius 1 is 1.16 bits per heavy atom. The first-order valence-corrected chi connectivity index (χ1v) is 10.2. The van der Waals surface area contributed by atoms with Crippen molar-refractivity contribution >= 4 is 58.2 Å². The largest absolute Gasteiger partial charge is 0.497 e. The van der Waals surface area contributed by atoms with Crippen LogP contribution in [0.4, 0.5) is 23.1 Å². The summed E-state index contributed by atoms with van der Waals surface area (Å²) >= 11 is 12.1. The minimum atomic E-state index is -1.06. The van der Waals surface area contributed by atoms with E-state index in [0.29, 0.717) is 11.4 Å². The molecule has 9 nitrogen and oxygen atoms in total. The molecule has 1 aliphatic heterocycles. The summed E-state index contributed by atoms with van der Waals surface area (Å²) in [7, 11) is 1.56. The molecule has 11 heteroatoms. The molecule has 0 aliphatic carbocycles. The summed E-state index contributed by atoms with van der Waals surface area (Å²) in [5.41, 5.74) is 0.420. The lowest BCUT2D eigenvalue weighted by atomic mass is 9.92. The van der Waals surface area contributed by atoms with Gasteiger partial charge in [0.05, 0.1) is 34.3 Å². The van der Waals surface area contributed by atoms with E-state index in [-0.39, 0.29) is 39.5 Å². The number of nitrogens with zero attached hydrogens (tertiary/aromatic N) is 1. The van der Waals surface area contributed by atoms with Crippen LogP contribution >= 0.6 is 23.2 Å². The van der Waals surface area contributed by atoms with Gasteiger partial charge in [0.25, 0.3) is 5.56 Å². The first-order chi connectivity index (χ1) is 15.4. The third-order valence-electron chi connectivity index (χ3n) is 4.83. The molecule has 1 aliphatic rings. The molecule has 2 aromatic carbocycles. The van der Waals surface area contributed by atoms with Gasteiger partial charge in [-0.05, 0) is 36.4 Å². The monoisotopic (exact) mass is 473 g/mol. The van der Waals surface area contributed by atoms with E-state index in [2.05, 4.69) is 25.9 Å². The summed E-state index contributed by atoms with van der Waals surface area (Å²) in [6, 6.07) is 11.7. The number of hydrogen-bond donors (Lipinski definition) is 4. The quantitative estimate of drug-likeness (QED) is 0.445. The van der Waals surface area contributed by atoms with E-state index in [1.165, 1.54) is 0 Å². The number of aromatic amines is 1. The van der Waals surface area contributed by atoms with E-state index in [4.69, 9.17) is 27.9 Å². The lowest BCUT2D eigenvalue weighted by Gasteiger charge is -2.24. The van der Waals surface area contributed by atoms with E-state index in [1.807, 2.05) is 0 Å². The number of methoxy groups -OCH3 is 1. The average Bonchev–Trinajstić information content (AvgIpc) is 2.76. The number of H-pyrrole nitrogens is 1. The molecule has 1 aromatic heterocycles. The lowest BCUT2D eigenvalue weighted by molar-refractivity contribution is -0.123. The minimum absolute atomic E-state index is 0.0124. The number of carbonyl (C=O) groups excluding carboxylic acids is 2. The van der Waals surface area contributed by atoms with Gasteiger partial charge in [0.15, 0.2) is 0 Å². The maximum absolute atomic E-state index is 12.9. The van der Waals surface area contributed by atoms with Crippen LogP contribution in [0.5, 0.6) is 5.75 Å². The zero-order valence-electron chi connectivity index (χ0n) is 16.7. The van der Waals surface area contributed by atoms with Crippen LogP contribution < -0.4 is 26.2 Å². The zero-order valence-corrected chi connectivity index (χ0v) is 18.2. The van der Waals surface area contributed by atoms with Crippen molar-refractivity contribution in [2.45, 2.75) is 12.3 Å². The Bertz CT molecular complexity index is 1260. The normalized spacial score (nSPS) is 14.8. The molecule has 4 N–H and O–H groups in total. The van der Waals surface area contributed by atoms with Crippen LogP contribution in [-0.2, 0) is 9.59 Å². The highest BCUT2D eigenvalue weighted by Gasteiger charge is 2.35. The summed E-state index contributed by atoms with van der Waals surface area (Å²) in [5, 5.41) is 8.57. The minimum Gasteiger partial charge on any atom is -0.497 e. The maximum Gasteiger partial charge on any atom is 0.258 e. The van der Waals surface area contributed by atoms with Gasteiger partial charge in [0.2, 0.25) is 17.8 Å². The van der Waals surface area contributed by atoms with Gasteiger partial charge in [-0.25, -0.2) is 0 Å². The number of rotatable bonds is 5. The second-order valence-electron chi connectivity index (χ2n) is 6.93. The maximum atomic E-state index is 12.9. The number of carbonyl (C=O) groups is 2. The Kier molecular flexibility index (Phi) is 6.02. The first-order valence-electron chi connectivity index (χ1n) is 9.45. The van der Waals surface area contributed by atoms with Crippen molar-refractivity contribution < 1.29 is 14.3 Å².